The Morgan fingerprint density at radius 3 is 2.36 bits per heavy atom. The molecule has 0 aliphatic rings. The van der Waals surface area contributed by atoms with Crippen LogP contribution in [0.2, 0.25) is 0 Å². The van der Waals surface area contributed by atoms with Crippen molar-refractivity contribution in [3.63, 3.8) is 0 Å². The van der Waals surface area contributed by atoms with Gasteiger partial charge >= 0.3 is 0 Å². The summed E-state index contributed by atoms with van der Waals surface area (Å²) < 4.78 is 12.9. The Kier molecular flexibility index (Phi) is 3.76. The predicted molar refractivity (Wildman–Crippen MR) is 84.9 cm³/mol. The molecule has 3 rings (SSSR count). The number of nitriles is 1. The molecule has 1 aromatic heterocycles. The zero-order chi connectivity index (χ0) is 15.5. The number of nitrogens with zero attached hydrogens (tertiary/aromatic N) is 1. The fraction of sp³-hybridized carbons (Fsp3) is 0.105. The largest absolute Gasteiger partial charge is 0.362 e. The van der Waals surface area contributed by atoms with Crippen molar-refractivity contribution in [2.24, 2.45) is 0 Å². The Morgan fingerprint density at radius 1 is 1.05 bits per heavy atom. The van der Waals surface area contributed by atoms with Crippen LogP contribution in [-0.4, -0.2) is 4.98 Å². The molecule has 0 aliphatic carbocycles. The zero-order valence-electron chi connectivity index (χ0n) is 12.2. The Balaban J connectivity index is 1.86. The average molecular weight is 290 g/mol. The first-order valence-corrected chi connectivity index (χ1v) is 7.09. The molecule has 0 atom stereocenters. The second kappa shape index (κ2) is 5.87. The van der Waals surface area contributed by atoms with Crippen molar-refractivity contribution in [2.75, 3.05) is 0 Å². The van der Waals surface area contributed by atoms with Crippen LogP contribution in [0.15, 0.2) is 54.6 Å². The maximum absolute atomic E-state index is 12.9. The first-order chi connectivity index (χ1) is 10.7. The fourth-order valence-corrected chi connectivity index (χ4v) is 2.57. The van der Waals surface area contributed by atoms with Gasteiger partial charge in [0.1, 0.15) is 5.82 Å². The number of aromatic nitrogens is 1. The van der Waals surface area contributed by atoms with Crippen molar-refractivity contribution in [3.05, 3.63) is 82.9 Å². The highest BCUT2D eigenvalue weighted by Crippen LogP contribution is 2.25. The number of benzene rings is 2. The van der Waals surface area contributed by atoms with E-state index in [0.29, 0.717) is 5.56 Å². The topological polar surface area (TPSA) is 39.6 Å². The maximum Gasteiger partial charge on any atom is 0.123 e. The van der Waals surface area contributed by atoms with Crippen LogP contribution in [0.4, 0.5) is 4.39 Å². The van der Waals surface area contributed by atoms with E-state index in [4.69, 9.17) is 5.26 Å². The summed E-state index contributed by atoms with van der Waals surface area (Å²) in [6.07, 6.45) is 0.734. The monoisotopic (exact) mass is 290 g/mol. The van der Waals surface area contributed by atoms with Crippen LogP contribution in [0, 0.1) is 24.1 Å². The summed E-state index contributed by atoms with van der Waals surface area (Å²) in [6, 6.07) is 18.3. The van der Waals surface area contributed by atoms with E-state index >= 15 is 0 Å². The maximum atomic E-state index is 12.9. The third-order valence-corrected chi connectivity index (χ3v) is 3.70. The zero-order valence-corrected chi connectivity index (χ0v) is 12.2. The smallest absolute Gasteiger partial charge is 0.123 e. The summed E-state index contributed by atoms with van der Waals surface area (Å²) >= 11 is 0. The second-order valence-electron chi connectivity index (χ2n) is 5.33. The molecule has 3 heteroatoms. The molecule has 0 saturated carbocycles. The summed E-state index contributed by atoms with van der Waals surface area (Å²) in [5.74, 6) is -0.218. The number of hydrogen-bond donors (Lipinski definition) is 1. The highest BCUT2D eigenvalue weighted by atomic mass is 19.1. The fourth-order valence-electron chi connectivity index (χ4n) is 2.57. The highest BCUT2D eigenvalue weighted by molar-refractivity contribution is 5.67. The molecule has 0 aliphatic heterocycles. The lowest BCUT2D eigenvalue weighted by atomic mass is 10.0. The first-order valence-electron chi connectivity index (χ1n) is 7.09. The molecule has 2 nitrogen and oxygen atoms in total. The normalized spacial score (nSPS) is 10.4. The minimum absolute atomic E-state index is 0.218. The van der Waals surface area contributed by atoms with Gasteiger partial charge in [0, 0.05) is 23.4 Å². The van der Waals surface area contributed by atoms with Crippen molar-refractivity contribution < 1.29 is 4.39 Å². The van der Waals surface area contributed by atoms with Crippen LogP contribution < -0.4 is 0 Å². The van der Waals surface area contributed by atoms with Gasteiger partial charge in [-0.1, -0.05) is 24.3 Å². The molecule has 0 bridgehead atoms. The van der Waals surface area contributed by atoms with E-state index in [1.807, 2.05) is 31.2 Å². The molecule has 1 N–H and O–H groups in total. The van der Waals surface area contributed by atoms with Gasteiger partial charge in [0.25, 0.3) is 0 Å². The first kappa shape index (κ1) is 14.1. The molecule has 0 amide bonds. The minimum Gasteiger partial charge on any atom is -0.362 e. The predicted octanol–water partition coefficient (Wildman–Crippen LogP) is 4.59. The minimum atomic E-state index is -0.218. The lowest BCUT2D eigenvalue weighted by molar-refractivity contribution is 0.627. The van der Waals surface area contributed by atoms with E-state index in [1.165, 1.54) is 12.1 Å². The summed E-state index contributed by atoms with van der Waals surface area (Å²) in [7, 11) is 0. The van der Waals surface area contributed by atoms with Crippen LogP contribution in [0.25, 0.3) is 11.1 Å². The van der Waals surface area contributed by atoms with Gasteiger partial charge in [0.15, 0.2) is 0 Å². The van der Waals surface area contributed by atoms with E-state index in [9.17, 15) is 4.39 Å². The quantitative estimate of drug-likeness (QED) is 0.752. The van der Waals surface area contributed by atoms with Gasteiger partial charge in [-0.25, -0.2) is 4.39 Å². The summed E-state index contributed by atoms with van der Waals surface area (Å²) in [5.41, 5.74) is 6.10. The van der Waals surface area contributed by atoms with Crippen LogP contribution >= 0.6 is 0 Å². The van der Waals surface area contributed by atoms with Gasteiger partial charge in [-0.2, -0.15) is 5.26 Å². The molecule has 22 heavy (non-hydrogen) atoms. The van der Waals surface area contributed by atoms with E-state index in [1.54, 1.807) is 12.1 Å². The molecule has 1 heterocycles. The van der Waals surface area contributed by atoms with Crippen molar-refractivity contribution in [1.29, 1.82) is 5.26 Å². The number of aromatic amines is 1. The molecule has 0 spiro atoms. The van der Waals surface area contributed by atoms with Crippen molar-refractivity contribution in [1.82, 2.24) is 4.98 Å². The number of rotatable bonds is 3. The van der Waals surface area contributed by atoms with Crippen LogP contribution in [0.1, 0.15) is 22.5 Å². The summed E-state index contributed by atoms with van der Waals surface area (Å²) in [5, 5.41) is 8.86. The van der Waals surface area contributed by atoms with Gasteiger partial charge in [-0.3, -0.25) is 0 Å². The van der Waals surface area contributed by atoms with Crippen molar-refractivity contribution >= 4 is 0 Å². The Bertz CT molecular complexity index is 821. The number of hydrogen-bond acceptors (Lipinski definition) is 1. The van der Waals surface area contributed by atoms with E-state index < -0.39 is 0 Å². The number of nitrogens with one attached hydrogen (secondary N) is 1. The van der Waals surface area contributed by atoms with Gasteiger partial charge in [0.2, 0.25) is 0 Å². The third kappa shape index (κ3) is 2.91. The average Bonchev–Trinajstić information content (AvgIpc) is 2.90. The van der Waals surface area contributed by atoms with Crippen LogP contribution in [0.3, 0.4) is 0 Å². The molecule has 0 radical (unpaired) electrons. The Hall–Kier alpha value is -2.86. The van der Waals surface area contributed by atoms with E-state index in [0.717, 1.165) is 34.5 Å². The van der Waals surface area contributed by atoms with Gasteiger partial charge in [-0.15, -0.1) is 0 Å². The lowest BCUT2D eigenvalue weighted by Crippen LogP contribution is -1.88. The molecular weight excluding hydrogens is 275 g/mol. The number of halogens is 1. The second-order valence-corrected chi connectivity index (χ2v) is 5.33. The highest BCUT2D eigenvalue weighted by Gasteiger charge is 2.08. The molecule has 0 fully saturated rings. The van der Waals surface area contributed by atoms with Gasteiger partial charge in [0.05, 0.1) is 11.6 Å². The molecule has 2 aromatic carbocycles. The lowest BCUT2D eigenvalue weighted by Gasteiger charge is -1.99. The standard InChI is InChI=1S/C19H15FN2/c1-13-19(16-6-2-15(12-21)3-7-16)11-18(22-13)10-14-4-8-17(20)9-5-14/h2-9,11,22H,10H2,1H3. The van der Waals surface area contributed by atoms with Crippen molar-refractivity contribution in [3.8, 4) is 17.2 Å². The SMILES string of the molecule is Cc1[nH]c(Cc2ccc(F)cc2)cc1-c1ccc(C#N)cc1. The number of H-pyrrole nitrogens is 1. The Labute approximate surface area is 128 Å². The van der Waals surface area contributed by atoms with E-state index in [2.05, 4.69) is 17.1 Å². The van der Waals surface area contributed by atoms with E-state index in [-0.39, 0.29) is 5.82 Å². The Morgan fingerprint density at radius 2 is 1.73 bits per heavy atom. The summed E-state index contributed by atoms with van der Waals surface area (Å²) in [4.78, 5) is 3.38. The van der Waals surface area contributed by atoms with Crippen LogP contribution in [0.5, 0.6) is 0 Å². The van der Waals surface area contributed by atoms with Crippen molar-refractivity contribution in [2.45, 2.75) is 13.3 Å². The molecule has 0 saturated heterocycles. The molecule has 108 valence electrons. The van der Waals surface area contributed by atoms with Gasteiger partial charge < -0.3 is 4.98 Å². The molecule has 3 aromatic rings. The number of aryl methyl sites for hydroxylation is 1. The van der Waals surface area contributed by atoms with Gasteiger partial charge in [-0.05, 0) is 48.4 Å². The third-order valence-electron chi connectivity index (χ3n) is 3.70. The molecular formula is C19H15FN2. The van der Waals surface area contributed by atoms with Crippen LogP contribution in [-0.2, 0) is 6.42 Å². The molecule has 0 unspecified atom stereocenters. The summed E-state index contributed by atoms with van der Waals surface area (Å²) in [6.45, 7) is 2.03.